The number of rotatable bonds is 2. The standard InChI is InChI=1S/C25H24N6O/c1-15-23(14-29(3)27-15)31-24-19-12-17(16-6-8-21-18(11-16)9-10-28(21)2)5-7-20(19)26-13-22(24)30(4)25(31)32/h5-8,11-14H,9-10H2,1-4H3. The van der Waals surface area contributed by atoms with Gasteiger partial charge in [-0.3, -0.25) is 18.8 Å². The maximum atomic E-state index is 13.3. The Morgan fingerprint density at radius 2 is 1.75 bits per heavy atom. The number of hydrogen-bond donors (Lipinski definition) is 0. The highest BCUT2D eigenvalue weighted by Gasteiger charge is 2.20. The van der Waals surface area contributed by atoms with Crippen molar-refractivity contribution < 1.29 is 0 Å². The van der Waals surface area contributed by atoms with Gasteiger partial charge in [-0.25, -0.2) is 4.79 Å². The minimum absolute atomic E-state index is 0.101. The van der Waals surface area contributed by atoms with E-state index >= 15 is 0 Å². The molecule has 0 spiro atoms. The lowest BCUT2D eigenvalue weighted by Crippen LogP contribution is -2.21. The van der Waals surface area contributed by atoms with Crippen LogP contribution in [0.5, 0.6) is 0 Å². The Balaban J connectivity index is 1.64. The average molecular weight is 425 g/mol. The molecule has 0 amide bonds. The van der Waals surface area contributed by atoms with Gasteiger partial charge in [-0.2, -0.15) is 5.10 Å². The summed E-state index contributed by atoms with van der Waals surface area (Å²) in [4.78, 5) is 20.2. The Bertz CT molecular complexity index is 1600. The fourth-order valence-corrected chi connectivity index (χ4v) is 4.95. The number of benzene rings is 2. The van der Waals surface area contributed by atoms with Gasteiger partial charge in [0.25, 0.3) is 0 Å². The zero-order chi connectivity index (χ0) is 22.1. The minimum atomic E-state index is -0.101. The predicted molar refractivity (Wildman–Crippen MR) is 128 cm³/mol. The molecule has 0 aliphatic carbocycles. The van der Waals surface area contributed by atoms with Crippen LogP contribution < -0.4 is 10.6 Å². The van der Waals surface area contributed by atoms with Crippen molar-refractivity contribution in [3.8, 4) is 16.8 Å². The number of fused-ring (bicyclic) bond motifs is 4. The van der Waals surface area contributed by atoms with E-state index in [9.17, 15) is 4.79 Å². The second kappa shape index (κ2) is 6.56. The molecule has 0 unspecified atom stereocenters. The maximum Gasteiger partial charge on any atom is 0.333 e. The fourth-order valence-electron chi connectivity index (χ4n) is 4.95. The molecule has 0 atom stereocenters. The maximum absolute atomic E-state index is 13.3. The topological polar surface area (TPSA) is 60.9 Å². The quantitative estimate of drug-likeness (QED) is 0.435. The number of hydrogen-bond acceptors (Lipinski definition) is 4. The normalized spacial score (nSPS) is 13.4. The minimum Gasteiger partial charge on any atom is -0.374 e. The van der Waals surface area contributed by atoms with Crippen LogP contribution in [0.2, 0.25) is 0 Å². The predicted octanol–water partition coefficient (Wildman–Crippen LogP) is 3.58. The van der Waals surface area contributed by atoms with Gasteiger partial charge in [-0.1, -0.05) is 12.1 Å². The van der Waals surface area contributed by atoms with E-state index < -0.39 is 0 Å². The first-order valence-electron chi connectivity index (χ1n) is 10.8. The molecule has 2 aromatic carbocycles. The van der Waals surface area contributed by atoms with Crippen molar-refractivity contribution in [1.82, 2.24) is 23.9 Å². The summed E-state index contributed by atoms with van der Waals surface area (Å²) in [6.45, 7) is 2.98. The summed E-state index contributed by atoms with van der Waals surface area (Å²) in [5.41, 5.74) is 9.02. The summed E-state index contributed by atoms with van der Waals surface area (Å²) in [5.74, 6) is 0. The summed E-state index contributed by atoms with van der Waals surface area (Å²) >= 11 is 0. The van der Waals surface area contributed by atoms with Crippen molar-refractivity contribution in [3.05, 3.63) is 70.5 Å². The molecule has 0 saturated heterocycles. The Hall–Kier alpha value is -3.87. The number of aryl methyl sites for hydroxylation is 3. The molecule has 7 heteroatoms. The summed E-state index contributed by atoms with van der Waals surface area (Å²) in [6, 6.07) is 13.0. The largest absolute Gasteiger partial charge is 0.374 e. The summed E-state index contributed by atoms with van der Waals surface area (Å²) in [7, 11) is 5.80. The SMILES string of the molecule is Cc1nn(C)cc1-n1c(=O)n(C)c2cnc3ccc(-c4ccc5c(c4)CCN5C)cc3c21. The Kier molecular flexibility index (Phi) is 3.87. The van der Waals surface area contributed by atoms with Gasteiger partial charge < -0.3 is 4.90 Å². The van der Waals surface area contributed by atoms with E-state index in [2.05, 4.69) is 52.4 Å². The number of nitrogens with zero attached hydrogens (tertiary/aromatic N) is 6. The van der Waals surface area contributed by atoms with Gasteiger partial charge in [-0.05, 0) is 54.3 Å². The average Bonchev–Trinajstić information content (AvgIpc) is 3.41. The molecule has 1 aliphatic rings. The van der Waals surface area contributed by atoms with E-state index in [0.29, 0.717) is 0 Å². The van der Waals surface area contributed by atoms with Crippen LogP contribution in [-0.4, -0.2) is 37.5 Å². The Labute approximate surface area is 185 Å². The van der Waals surface area contributed by atoms with Crippen molar-refractivity contribution in [1.29, 1.82) is 0 Å². The van der Waals surface area contributed by atoms with Crippen LogP contribution in [0, 0.1) is 6.92 Å². The van der Waals surface area contributed by atoms with Crippen molar-refractivity contribution >= 4 is 27.6 Å². The molecular formula is C25H24N6O. The highest BCUT2D eigenvalue weighted by atomic mass is 16.1. The van der Waals surface area contributed by atoms with Crippen LogP contribution in [0.4, 0.5) is 5.69 Å². The number of anilines is 1. The van der Waals surface area contributed by atoms with Gasteiger partial charge in [0.05, 0.1) is 34.1 Å². The van der Waals surface area contributed by atoms with Crippen molar-refractivity contribution in [3.63, 3.8) is 0 Å². The van der Waals surface area contributed by atoms with Gasteiger partial charge in [-0.15, -0.1) is 0 Å². The van der Waals surface area contributed by atoms with Crippen molar-refractivity contribution in [2.24, 2.45) is 14.1 Å². The smallest absolute Gasteiger partial charge is 0.333 e. The van der Waals surface area contributed by atoms with Gasteiger partial charge in [0.15, 0.2) is 0 Å². The van der Waals surface area contributed by atoms with E-state index in [1.54, 1.807) is 27.1 Å². The first-order chi connectivity index (χ1) is 15.4. The number of imidazole rings is 1. The molecule has 1 aliphatic heterocycles. The molecule has 0 N–H and O–H groups in total. The molecule has 7 nitrogen and oxygen atoms in total. The van der Waals surface area contributed by atoms with Crippen molar-refractivity contribution in [2.45, 2.75) is 13.3 Å². The van der Waals surface area contributed by atoms with E-state index in [4.69, 9.17) is 0 Å². The van der Waals surface area contributed by atoms with Crippen molar-refractivity contribution in [2.75, 3.05) is 18.5 Å². The summed E-state index contributed by atoms with van der Waals surface area (Å²) in [6.07, 6.45) is 4.74. The third-order valence-corrected chi connectivity index (χ3v) is 6.65. The van der Waals surface area contributed by atoms with E-state index in [1.807, 2.05) is 26.2 Å². The Morgan fingerprint density at radius 1 is 0.969 bits per heavy atom. The highest BCUT2D eigenvalue weighted by molar-refractivity contribution is 6.04. The summed E-state index contributed by atoms with van der Waals surface area (Å²) in [5, 5.41) is 5.41. The van der Waals surface area contributed by atoms with E-state index in [0.717, 1.165) is 51.8 Å². The third kappa shape index (κ3) is 2.57. The Morgan fingerprint density at radius 3 is 2.53 bits per heavy atom. The number of aromatic nitrogens is 5. The lowest BCUT2D eigenvalue weighted by atomic mass is 9.99. The van der Waals surface area contributed by atoms with Gasteiger partial charge in [0.1, 0.15) is 0 Å². The van der Waals surface area contributed by atoms with Crippen LogP contribution >= 0.6 is 0 Å². The molecule has 0 radical (unpaired) electrons. The zero-order valence-electron chi connectivity index (χ0n) is 18.6. The van der Waals surface area contributed by atoms with E-state index in [-0.39, 0.29) is 5.69 Å². The molecule has 0 fully saturated rings. The van der Waals surface area contributed by atoms with Crippen LogP contribution in [-0.2, 0) is 20.5 Å². The second-order valence-electron chi connectivity index (χ2n) is 8.69. The molecule has 5 aromatic rings. The molecule has 3 aromatic heterocycles. The van der Waals surface area contributed by atoms with Crippen LogP contribution in [0.1, 0.15) is 11.3 Å². The van der Waals surface area contributed by atoms with Crippen LogP contribution in [0.25, 0.3) is 38.8 Å². The first-order valence-corrected chi connectivity index (χ1v) is 10.8. The molecule has 0 bridgehead atoms. The molecule has 0 saturated carbocycles. The molecule has 4 heterocycles. The molecule has 160 valence electrons. The van der Waals surface area contributed by atoms with Crippen LogP contribution in [0.3, 0.4) is 0 Å². The first kappa shape index (κ1) is 18.9. The second-order valence-corrected chi connectivity index (χ2v) is 8.69. The highest BCUT2D eigenvalue weighted by Crippen LogP contribution is 2.34. The van der Waals surface area contributed by atoms with Gasteiger partial charge in [0.2, 0.25) is 0 Å². The monoisotopic (exact) mass is 424 g/mol. The number of likely N-dealkylation sites (N-methyl/N-ethyl adjacent to an activating group) is 1. The van der Waals surface area contributed by atoms with Gasteiger partial charge in [0, 0.05) is 45.0 Å². The van der Waals surface area contributed by atoms with E-state index in [1.165, 1.54) is 16.8 Å². The number of pyridine rings is 1. The molecule has 32 heavy (non-hydrogen) atoms. The lowest BCUT2D eigenvalue weighted by Gasteiger charge is -2.12. The van der Waals surface area contributed by atoms with Gasteiger partial charge >= 0.3 is 5.69 Å². The lowest BCUT2D eigenvalue weighted by molar-refractivity contribution is 0.756. The third-order valence-electron chi connectivity index (χ3n) is 6.65. The zero-order valence-corrected chi connectivity index (χ0v) is 18.6. The molecular weight excluding hydrogens is 400 g/mol. The molecule has 6 rings (SSSR count). The van der Waals surface area contributed by atoms with Crippen LogP contribution in [0.15, 0.2) is 53.6 Å². The fraction of sp³-hybridized carbons (Fsp3) is 0.240. The summed E-state index contributed by atoms with van der Waals surface area (Å²) < 4.78 is 5.17.